The molecule has 22 heavy (non-hydrogen) atoms. The van der Waals surface area contributed by atoms with Crippen LogP contribution in [-0.2, 0) is 4.79 Å². The van der Waals surface area contributed by atoms with Crippen molar-refractivity contribution in [2.45, 2.75) is 12.3 Å². The van der Waals surface area contributed by atoms with Crippen LogP contribution in [0.3, 0.4) is 0 Å². The summed E-state index contributed by atoms with van der Waals surface area (Å²) in [4.78, 5) is 12.0. The van der Waals surface area contributed by atoms with Crippen LogP contribution in [0, 0.1) is 5.82 Å². The summed E-state index contributed by atoms with van der Waals surface area (Å²) in [5.74, 6) is -0.590. The second kappa shape index (κ2) is 4.95. The van der Waals surface area contributed by atoms with Crippen LogP contribution in [0.4, 0.5) is 10.1 Å². The number of amides is 1. The summed E-state index contributed by atoms with van der Waals surface area (Å²) in [6.07, 6.45) is 0.266. The molecule has 3 aromatic carbocycles. The molecule has 1 aliphatic heterocycles. The molecule has 0 radical (unpaired) electrons. The highest BCUT2D eigenvalue weighted by atomic mass is 19.1. The smallest absolute Gasteiger partial charge is 0.225 e. The molecule has 3 aromatic rings. The summed E-state index contributed by atoms with van der Waals surface area (Å²) in [5.41, 5.74) is 2.36. The van der Waals surface area contributed by atoms with Gasteiger partial charge in [0.1, 0.15) is 5.82 Å². The first kappa shape index (κ1) is 13.0. The van der Waals surface area contributed by atoms with Gasteiger partial charge < -0.3 is 5.32 Å². The molecule has 0 saturated carbocycles. The maximum atomic E-state index is 14.3. The second-order valence-electron chi connectivity index (χ2n) is 5.57. The van der Waals surface area contributed by atoms with E-state index < -0.39 is 0 Å². The number of hydrogen-bond donors (Lipinski definition) is 1. The first-order valence-electron chi connectivity index (χ1n) is 7.30. The minimum atomic E-state index is -0.263. The molecule has 0 unspecified atom stereocenters. The Morgan fingerprint density at radius 3 is 2.59 bits per heavy atom. The van der Waals surface area contributed by atoms with Crippen LogP contribution in [0.15, 0.2) is 60.7 Å². The lowest BCUT2D eigenvalue weighted by Gasteiger charge is -2.27. The first-order chi connectivity index (χ1) is 10.7. The van der Waals surface area contributed by atoms with Crippen molar-refractivity contribution in [1.82, 2.24) is 0 Å². The van der Waals surface area contributed by atoms with Gasteiger partial charge in [0.2, 0.25) is 5.91 Å². The molecule has 1 atom stereocenters. The third kappa shape index (κ3) is 1.98. The predicted molar refractivity (Wildman–Crippen MR) is 85.4 cm³/mol. The number of carbonyl (C=O) groups excluding carboxylic acids is 1. The zero-order valence-corrected chi connectivity index (χ0v) is 11.8. The molecule has 0 fully saturated rings. The van der Waals surface area contributed by atoms with Crippen molar-refractivity contribution < 1.29 is 9.18 Å². The zero-order valence-electron chi connectivity index (χ0n) is 11.8. The fraction of sp³-hybridized carbons (Fsp3) is 0.105. The highest BCUT2D eigenvalue weighted by molar-refractivity contribution is 6.01. The van der Waals surface area contributed by atoms with Crippen molar-refractivity contribution in [2.75, 3.05) is 5.32 Å². The summed E-state index contributed by atoms with van der Waals surface area (Å²) in [5, 5.41) is 5.07. The molecule has 1 aliphatic rings. The van der Waals surface area contributed by atoms with Crippen LogP contribution in [0.1, 0.15) is 23.5 Å². The van der Waals surface area contributed by atoms with Crippen LogP contribution in [-0.4, -0.2) is 5.91 Å². The lowest BCUT2D eigenvalue weighted by Crippen LogP contribution is -2.24. The number of fused-ring (bicyclic) bond motifs is 3. The Morgan fingerprint density at radius 2 is 1.73 bits per heavy atom. The van der Waals surface area contributed by atoms with Crippen molar-refractivity contribution in [3.63, 3.8) is 0 Å². The van der Waals surface area contributed by atoms with Gasteiger partial charge in [-0.05, 0) is 34.0 Å². The summed E-state index contributed by atoms with van der Waals surface area (Å²) in [6.45, 7) is 0. The van der Waals surface area contributed by atoms with Gasteiger partial charge in [-0.2, -0.15) is 0 Å². The standard InChI is InChI=1S/C19H14FNO/c20-16-8-4-3-7-14(16)15-11-18(22)21-17-10-9-12-5-1-2-6-13(12)19(15)17/h1-10,15H,11H2,(H,21,22)/t15-/m0/s1. The van der Waals surface area contributed by atoms with Gasteiger partial charge in [0.15, 0.2) is 0 Å². The summed E-state index contributed by atoms with van der Waals surface area (Å²) in [7, 11) is 0. The quantitative estimate of drug-likeness (QED) is 0.705. The number of anilines is 1. The average Bonchev–Trinajstić information content (AvgIpc) is 2.54. The van der Waals surface area contributed by atoms with Crippen molar-refractivity contribution in [2.24, 2.45) is 0 Å². The lowest BCUT2D eigenvalue weighted by molar-refractivity contribution is -0.116. The topological polar surface area (TPSA) is 29.1 Å². The molecule has 1 heterocycles. The van der Waals surface area contributed by atoms with E-state index in [1.165, 1.54) is 6.07 Å². The van der Waals surface area contributed by atoms with Crippen molar-refractivity contribution in [1.29, 1.82) is 0 Å². The van der Waals surface area contributed by atoms with Crippen molar-refractivity contribution >= 4 is 22.4 Å². The Balaban J connectivity index is 2.02. The monoisotopic (exact) mass is 291 g/mol. The minimum Gasteiger partial charge on any atom is -0.326 e. The van der Waals surface area contributed by atoms with Crippen LogP contribution >= 0.6 is 0 Å². The zero-order chi connectivity index (χ0) is 15.1. The summed E-state index contributed by atoms with van der Waals surface area (Å²) < 4.78 is 14.3. The van der Waals surface area contributed by atoms with E-state index in [1.54, 1.807) is 12.1 Å². The molecule has 108 valence electrons. The molecule has 0 saturated heterocycles. The predicted octanol–water partition coefficient (Wildman–Crippen LogP) is 4.45. The largest absolute Gasteiger partial charge is 0.326 e. The van der Waals surface area contributed by atoms with E-state index in [1.807, 2.05) is 42.5 Å². The maximum Gasteiger partial charge on any atom is 0.225 e. The molecule has 2 nitrogen and oxygen atoms in total. The Bertz CT molecular complexity index is 887. The molecule has 0 bridgehead atoms. The van der Waals surface area contributed by atoms with E-state index in [4.69, 9.17) is 0 Å². The van der Waals surface area contributed by atoms with E-state index in [2.05, 4.69) is 5.32 Å². The van der Waals surface area contributed by atoms with E-state index in [9.17, 15) is 9.18 Å². The van der Waals surface area contributed by atoms with Gasteiger partial charge in [0.05, 0.1) is 0 Å². The number of rotatable bonds is 1. The van der Waals surface area contributed by atoms with Gasteiger partial charge in [0, 0.05) is 18.0 Å². The third-order valence-corrected chi connectivity index (χ3v) is 4.26. The molecule has 0 spiro atoms. The van der Waals surface area contributed by atoms with Gasteiger partial charge in [-0.1, -0.05) is 48.5 Å². The van der Waals surface area contributed by atoms with Crippen LogP contribution in [0.5, 0.6) is 0 Å². The van der Waals surface area contributed by atoms with E-state index in [0.29, 0.717) is 5.56 Å². The number of benzene rings is 3. The van der Waals surface area contributed by atoms with E-state index >= 15 is 0 Å². The van der Waals surface area contributed by atoms with Gasteiger partial charge in [-0.25, -0.2) is 4.39 Å². The van der Waals surface area contributed by atoms with Crippen LogP contribution < -0.4 is 5.32 Å². The van der Waals surface area contributed by atoms with Crippen molar-refractivity contribution in [3.05, 3.63) is 77.6 Å². The minimum absolute atomic E-state index is 0.0731. The van der Waals surface area contributed by atoms with Gasteiger partial charge in [-0.3, -0.25) is 4.79 Å². The molecule has 0 aliphatic carbocycles. The van der Waals surface area contributed by atoms with E-state index in [0.717, 1.165) is 22.0 Å². The molecule has 1 amide bonds. The summed E-state index contributed by atoms with van der Waals surface area (Å²) in [6, 6.07) is 18.6. The molecular weight excluding hydrogens is 277 g/mol. The molecule has 3 heteroatoms. The molecular formula is C19H14FNO. The number of nitrogens with one attached hydrogen (secondary N) is 1. The van der Waals surface area contributed by atoms with Crippen LogP contribution in [0.25, 0.3) is 10.8 Å². The molecule has 1 N–H and O–H groups in total. The highest BCUT2D eigenvalue weighted by Crippen LogP contribution is 2.42. The number of hydrogen-bond acceptors (Lipinski definition) is 1. The Labute approximate surface area is 127 Å². The Hall–Kier alpha value is -2.68. The SMILES string of the molecule is O=C1C[C@@H](c2ccccc2F)c2c(ccc3ccccc23)N1. The van der Waals surface area contributed by atoms with Crippen molar-refractivity contribution in [3.8, 4) is 0 Å². The van der Waals surface area contributed by atoms with Gasteiger partial charge in [-0.15, -0.1) is 0 Å². The number of halogens is 1. The Morgan fingerprint density at radius 1 is 0.955 bits per heavy atom. The number of carbonyl (C=O) groups is 1. The fourth-order valence-corrected chi connectivity index (χ4v) is 3.29. The van der Waals surface area contributed by atoms with E-state index in [-0.39, 0.29) is 24.1 Å². The maximum absolute atomic E-state index is 14.3. The van der Waals surface area contributed by atoms with Gasteiger partial charge in [0.25, 0.3) is 0 Å². The highest BCUT2D eigenvalue weighted by Gasteiger charge is 2.29. The lowest BCUT2D eigenvalue weighted by atomic mass is 9.82. The second-order valence-corrected chi connectivity index (χ2v) is 5.57. The third-order valence-electron chi connectivity index (χ3n) is 4.26. The van der Waals surface area contributed by atoms with Gasteiger partial charge >= 0.3 is 0 Å². The molecule has 4 rings (SSSR count). The Kier molecular flexibility index (Phi) is 2.93. The first-order valence-corrected chi connectivity index (χ1v) is 7.30. The molecule has 0 aromatic heterocycles. The summed E-state index contributed by atoms with van der Waals surface area (Å²) >= 11 is 0. The normalized spacial score (nSPS) is 17.1. The van der Waals surface area contributed by atoms with Crippen LogP contribution in [0.2, 0.25) is 0 Å². The average molecular weight is 291 g/mol. The fourth-order valence-electron chi connectivity index (χ4n) is 3.29.